The number of nitrogens with one attached hydrogen (secondary N) is 2. The van der Waals surface area contributed by atoms with Gasteiger partial charge in [-0.2, -0.15) is 0 Å². The highest BCUT2D eigenvalue weighted by molar-refractivity contribution is 5.96. The Morgan fingerprint density at radius 3 is 2.65 bits per heavy atom. The number of rotatable bonds is 6. The third kappa shape index (κ3) is 7.92. The van der Waals surface area contributed by atoms with Crippen molar-refractivity contribution >= 4 is 34.8 Å². The Hall–Kier alpha value is -5.21. The Labute approximate surface area is 295 Å². The number of alkyl carbamates (subject to hydrolysis) is 1. The predicted octanol–water partition coefficient (Wildman–Crippen LogP) is 4.32. The Balaban J connectivity index is 1.34. The Kier molecular flexibility index (Phi) is 9.91. The van der Waals surface area contributed by atoms with E-state index in [2.05, 4.69) is 25.8 Å². The van der Waals surface area contributed by atoms with Gasteiger partial charge in [-0.1, -0.05) is 25.0 Å². The van der Waals surface area contributed by atoms with Crippen LogP contribution >= 0.6 is 0 Å². The number of carbonyl (C=O) groups excluding carboxylic acids is 3. The lowest BCUT2D eigenvalue weighted by Gasteiger charge is -2.30. The molecule has 15 nitrogen and oxygen atoms in total. The normalized spacial score (nSPS) is 26.2. The first-order valence-electron chi connectivity index (χ1n) is 17.2. The molecule has 1 saturated heterocycles. The van der Waals surface area contributed by atoms with E-state index in [0.29, 0.717) is 46.8 Å². The fourth-order valence-corrected chi connectivity index (χ4v) is 6.69. The summed E-state index contributed by atoms with van der Waals surface area (Å²) in [5.41, 5.74) is -1.38. The van der Waals surface area contributed by atoms with Gasteiger partial charge < -0.3 is 39.3 Å². The van der Waals surface area contributed by atoms with E-state index in [1.54, 1.807) is 59.1 Å². The van der Waals surface area contributed by atoms with Crippen LogP contribution in [0.2, 0.25) is 0 Å². The molecule has 4 heterocycles. The molecule has 2 aliphatic heterocycles. The molecule has 272 valence electrons. The summed E-state index contributed by atoms with van der Waals surface area (Å²) in [5.74, 6) is -1.09. The minimum absolute atomic E-state index is 0.0121. The van der Waals surface area contributed by atoms with Crippen LogP contribution < -0.4 is 20.1 Å². The number of nitrogens with zero attached hydrogens (tertiary/aromatic N) is 4. The summed E-state index contributed by atoms with van der Waals surface area (Å²) in [5, 5.41) is 24.4. The van der Waals surface area contributed by atoms with E-state index in [4.69, 9.17) is 18.6 Å². The molecule has 5 atom stereocenters. The van der Waals surface area contributed by atoms with Crippen molar-refractivity contribution in [2.45, 2.75) is 102 Å². The minimum atomic E-state index is -1.47. The van der Waals surface area contributed by atoms with Gasteiger partial charge in [0.2, 0.25) is 17.7 Å². The second-order valence-electron chi connectivity index (χ2n) is 14.3. The smallest absolute Gasteiger partial charge is 0.408 e. The standard InChI is InChI=1S/C36H44N6O9/c1-20-40-41-31(49-20)27-17-29(24-14-13-22(48-5)15-26(24)37-27)50-23-16-28-30(43)39-36(33(45)46)18-21(36)11-9-7-6-8-10-12-25(32(44)42(28)19-23)38-34(47)51-35(2,3)4/h9,11,13-15,17,21,23,25,28H,6-8,10,12,16,18-19H2,1-5H3,(H,38,47)(H,39,43)(H,45,46)/b11-9-/t21-,23-,25?,28+,36-/m1/s1. The van der Waals surface area contributed by atoms with Crippen LogP contribution in [0.1, 0.15) is 71.6 Å². The second kappa shape index (κ2) is 14.2. The van der Waals surface area contributed by atoms with E-state index in [0.717, 1.165) is 19.3 Å². The summed E-state index contributed by atoms with van der Waals surface area (Å²) in [6.45, 7) is 6.85. The average molecular weight is 705 g/mol. The molecule has 1 aliphatic carbocycles. The largest absolute Gasteiger partial charge is 0.497 e. The molecule has 3 N–H and O–H groups in total. The third-order valence-electron chi connectivity index (χ3n) is 9.33. The number of carbonyl (C=O) groups is 4. The second-order valence-corrected chi connectivity index (χ2v) is 14.3. The van der Waals surface area contributed by atoms with Gasteiger partial charge in [0.05, 0.1) is 19.2 Å². The van der Waals surface area contributed by atoms with Crippen molar-refractivity contribution in [3.63, 3.8) is 0 Å². The van der Waals surface area contributed by atoms with E-state index >= 15 is 0 Å². The van der Waals surface area contributed by atoms with Crippen molar-refractivity contribution in [1.29, 1.82) is 0 Å². The maximum absolute atomic E-state index is 14.4. The molecule has 2 fully saturated rings. The molecule has 2 aromatic heterocycles. The zero-order valence-electron chi connectivity index (χ0n) is 29.4. The molecule has 3 aromatic rings. The number of ether oxygens (including phenoxy) is 3. The number of carboxylic acid groups (broad SMARTS) is 1. The number of hydrogen-bond acceptors (Lipinski definition) is 11. The molecule has 51 heavy (non-hydrogen) atoms. The maximum Gasteiger partial charge on any atom is 0.408 e. The van der Waals surface area contributed by atoms with Crippen LogP contribution in [0.15, 0.2) is 40.8 Å². The number of amides is 3. The van der Waals surface area contributed by atoms with E-state index in [1.165, 1.54) is 4.90 Å². The predicted molar refractivity (Wildman–Crippen MR) is 183 cm³/mol. The maximum atomic E-state index is 14.4. The van der Waals surface area contributed by atoms with Gasteiger partial charge in [-0.05, 0) is 58.6 Å². The molecule has 15 heteroatoms. The zero-order chi connectivity index (χ0) is 36.5. The summed E-state index contributed by atoms with van der Waals surface area (Å²) in [6.07, 6.45) is 5.96. The van der Waals surface area contributed by atoms with Crippen molar-refractivity contribution in [3.8, 4) is 23.1 Å². The van der Waals surface area contributed by atoms with Gasteiger partial charge in [0.1, 0.15) is 46.5 Å². The molecule has 0 spiro atoms. The van der Waals surface area contributed by atoms with Crippen molar-refractivity contribution in [2.24, 2.45) is 5.92 Å². The molecule has 1 unspecified atom stereocenters. The number of methoxy groups -OCH3 is 1. The molecule has 3 amide bonds. The van der Waals surface area contributed by atoms with Crippen molar-refractivity contribution in [1.82, 2.24) is 30.7 Å². The fraction of sp³-hybridized carbons (Fsp3) is 0.528. The van der Waals surface area contributed by atoms with Gasteiger partial charge in [-0.3, -0.25) is 9.59 Å². The van der Waals surface area contributed by atoms with E-state index in [-0.39, 0.29) is 31.2 Å². The zero-order valence-corrected chi connectivity index (χ0v) is 29.4. The molecule has 1 saturated carbocycles. The number of aryl methyl sites for hydroxylation is 1. The Morgan fingerprint density at radius 2 is 1.94 bits per heavy atom. The molecular formula is C36H44N6O9. The van der Waals surface area contributed by atoms with Crippen molar-refractivity contribution in [2.75, 3.05) is 13.7 Å². The van der Waals surface area contributed by atoms with Crippen LogP contribution in [0.3, 0.4) is 0 Å². The highest BCUT2D eigenvalue weighted by Gasteiger charge is 2.61. The quantitative estimate of drug-likeness (QED) is 0.308. The van der Waals surface area contributed by atoms with Gasteiger partial charge in [-0.25, -0.2) is 14.6 Å². The summed E-state index contributed by atoms with van der Waals surface area (Å²) >= 11 is 0. The SMILES string of the molecule is COc1ccc2c(O[C@@H]3C[C@H]4C(=O)N[C@]5(C(=O)O)C[C@H]5/C=C\CCCCCC(NC(=O)OC(C)(C)C)C(=O)N4C3)cc(-c3nnc(C)o3)nc2c1. The van der Waals surface area contributed by atoms with Crippen molar-refractivity contribution in [3.05, 3.63) is 42.3 Å². The van der Waals surface area contributed by atoms with Crippen LogP contribution in [-0.2, 0) is 19.1 Å². The highest BCUT2D eigenvalue weighted by Crippen LogP contribution is 2.45. The first kappa shape index (κ1) is 35.6. The summed E-state index contributed by atoms with van der Waals surface area (Å²) in [4.78, 5) is 59.9. The van der Waals surface area contributed by atoms with Gasteiger partial charge in [-0.15, -0.1) is 10.2 Å². The highest BCUT2D eigenvalue weighted by atomic mass is 16.6. The monoisotopic (exact) mass is 704 g/mol. The summed E-state index contributed by atoms with van der Waals surface area (Å²) in [6, 6.07) is 4.89. The van der Waals surface area contributed by atoms with Crippen molar-refractivity contribution < 1.29 is 42.9 Å². The Morgan fingerprint density at radius 1 is 1.14 bits per heavy atom. The number of hydrogen-bond donors (Lipinski definition) is 3. The molecule has 0 radical (unpaired) electrons. The van der Waals surface area contributed by atoms with Gasteiger partial charge in [0.15, 0.2) is 0 Å². The first-order valence-corrected chi connectivity index (χ1v) is 17.2. The van der Waals surface area contributed by atoms with Crippen LogP contribution in [0, 0.1) is 12.8 Å². The fourth-order valence-electron chi connectivity index (χ4n) is 6.69. The lowest BCUT2D eigenvalue weighted by Crippen LogP contribution is -2.56. The van der Waals surface area contributed by atoms with E-state index < -0.39 is 53.2 Å². The number of fused-ring (bicyclic) bond motifs is 3. The lowest BCUT2D eigenvalue weighted by molar-refractivity contribution is -0.145. The Bertz CT molecular complexity index is 1850. The third-order valence-corrected chi connectivity index (χ3v) is 9.33. The van der Waals surface area contributed by atoms with Crippen LogP contribution in [-0.4, -0.2) is 92.0 Å². The summed E-state index contributed by atoms with van der Waals surface area (Å²) < 4.78 is 23.1. The number of allylic oxidation sites excluding steroid dienone is 1. The molecule has 0 bridgehead atoms. The van der Waals surface area contributed by atoms with Crippen LogP contribution in [0.5, 0.6) is 11.5 Å². The molecule has 6 rings (SSSR count). The van der Waals surface area contributed by atoms with E-state index in [1.807, 2.05) is 12.2 Å². The first-order chi connectivity index (χ1) is 24.3. The van der Waals surface area contributed by atoms with Gasteiger partial charge >= 0.3 is 12.1 Å². The topological polar surface area (TPSA) is 195 Å². The number of pyridine rings is 1. The summed E-state index contributed by atoms with van der Waals surface area (Å²) in [7, 11) is 1.55. The number of aromatic nitrogens is 3. The molecule has 1 aromatic carbocycles. The van der Waals surface area contributed by atoms with Gasteiger partial charge in [0, 0.05) is 36.8 Å². The lowest BCUT2D eigenvalue weighted by atomic mass is 10.0. The molecular weight excluding hydrogens is 660 g/mol. The van der Waals surface area contributed by atoms with Gasteiger partial charge in [0.25, 0.3) is 5.89 Å². The van der Waals surface area contributed by atoms with Crippen LogP contribution in [0.4, 0.5) is 4.79 Å². The number of benzene rings is 1. The van der Waals surface area contributed by atoms with Crippen LogP contribution in [0.25, 0.3) is 22.5 Å². The minimum Gasteiger partial charge on any atom is -0.497 e. The number of carboxylic acids is 1. The van der Waals surface area contributed by atoms with E-state index in [9.17, 15) is 24.3 Å². The molecule has 3 aliphatic rings. The average Bonchev–Trinajstić information content (AvgIpc) is 3.34. The number of aliphatic carboxylic acids is 1.